The van der Waals surface area contributed by atoms with Crippen LogP contribution in [0.1, 0.15) is 15.9 Å². The highest BCUT2D eigenvalue weighted by molar-refractivity contribution is 5.95. The highest BCUT2D eigenvalue weighted by Crippen LogP contribution is 2.32. The van der Waals surface area contributed by atoms with Gasteiger partial charge in [0.15, 0.2) is 11.5 Å². The number of nitrogens with one attached hydrogen (secondary N) is 1. The smallest absolute Gasteiger partial charge is 0.273 e. The molecule has 0 fully saturated rings. The molecule has 0 unspecified atom stereocenters. The standard InChI is InChI=1S/C23H22N6O6/c1-14-4-5-15(12-18(14)29(31)32)23(30)24-10-11-35-21-9-8-20-25-26-22(28(20)27-21)17-13-16(33-2)6-7-19(17)34-3/h4-9,12-13H,10-11H2,1-3H3,(H,24,30). The van der Waals surface area contributed by atoms with Crippen LogP contribution in [0.3, 0.4) is 0 Å². The summed E-state index contributed by atoms with van der Waals surface area (Å²) in [5.41, 5.74) is 1.72. The number of fused-ring (bicyclic) bond motifs is 1. The molecule has 0 saturated heterocycles. The van der Waals surface area contributed by atoms with Crippen LogP contribution in [-0.4, -0.2) is 58.0 Å². The molecule has 0 atom stereocenters. The summed E-state index contributed by atoms with van der Waals surface area (Å²) in [4.78, 5) is 22.9. The summed E-state index contributed by atoms with van der Waals surface area (Å²) in [6.45, 7) is 1.90. The first-order chi connectivity index (χ1) is 16.9. The summed E-state index contributed by atoms with van der Waals surface area (Å²) in [5, 5.41) is 26.6. The van der Waals surface area contributed by atoms with E-state index in [4.69, 9.17) is 14.2 Å². The first kappa shape index (κ1) is 23.4. The van der Waals surface area contributed by atoms with Gasteiger partial charge in [0.25, 0.3) is 11.6 Å². The third kappa shape index (κ3) is 4.95. The van der Waals surface area contributed by atoms with E-state index in [1.54, 1.807) is 51.5 Å². The fourth-order valence-electron chi connectivity index (χ4n) is 3.38. The molecule has 0 aliphatic carbocycles. The molecular weight excluding hydrogens is 456 g/mol. The zero-order chi connectivity index (χ0) is 24.9. The Balaban J connectivity index is 1.45. The summed E-state index contributed by atoms with van der Waals surface area (Å²) in [5.74, 6) is 1.49. The number of aryl methyl sites for hydroxylation is 1. The highest BCUT2D eigenvalue weighted by Gasteiger charge is 2.17. The molecule has 2 heterocycles. The van der Waals surface area contributed by atoms with Gasteiger partial charge in [-0.05, 0) is 37.3 Å². The molecule has 180 valence electrons. The number of ether oxygens (including phenoxy) is 3. The molecule has 2 aromatic carbocycles. The van der Waals surface area contributed by atoms with Gasteiger partial charge in [0, 0.05) is 23.3 Å². The Bertz CT molecular complexity index is 1400. The molecule has 2 aromatic heterocycles. The number of amides is 1. The molecular formula is C23H22N6O6. The number of nitrogens with zero attached hydrogens (tertiary/aromatic N) is 5. The van der Waals surface area contributed by atoms with Crippen molar-refractivity contribution in [2.75, 3.05) is 27.4 Å². The van der Waals surface area contributed by atoms with Crippen molar-refractivity contribution in [1.82, 2.24) is 25.1 Å². The lowest BCUT2D eigenvalue weighted by atomic mass is 10.1. The molecule has 0 spiro atoms. The SMILES string of the molecule is COc1ccc(OC)c(-c2nnc3ccc(OCCNC(=O)c4ccc(C)c([N+](=O)[O-])c4)nn23)c1. The minimum Gasteiger partial charge on any atom is -0.497 e. The minimum atomic E-state index is -0.516. The van der Waals surface area contributed by atoms with Crippen molar-refractivity contribution in [3.63, 3.8) is 0 Å². The van der Waals surface area contributed by atoms with E-state index in [1.807, 2.05) is 0 Å². The fraction of sp³-hybridized carbons (Fsp3) is 0.217. The molecule has 0 aliphatic heterocycles. The van der Waals surface area contributed by atoms with Crippen LogP contribution in [0.15, 0.2) is 48.5 Å². The summed E-state index contributed by atoms with van der Waals surface area (Å²) in [6.07, 6.45) is 0. The Kier molecular flexibility index (Phi) is 6.71. The van der Waals surface area contributed by atoms with Gasteiger partial charge < -0.3 is 19.5 Å². The van der Waals surface area contributed by atoms with Gasteiger partial charge in [-0.3, -0.25) is 14.9 Å². The number of carbonyl (C=O) groups is 1. The van der Waals surface area contributed by atoms with E-state index in [9.17, 15) is 14.9 Å². The maximum Gasteiger partial charge on any atom is 0.273 e. The van der Waals surface area contributed by atoms with Gasteiger partial charge >= 0.3 is 0 Å². The number of benzene rings is 2. The Morgan fingerprint density at radius 1 is 1.09 bits per heavy atom. The first-order valence-corrected chi connectivity index (χ1v) is 10.5. The van der Waals surface area contributed by atoms with Gasteiger partial charge in [0.05, 0.1) is 31.3 Å². The number of rotatable bonds is 9. The van der Waals surface area contributed by atoms with Crippen LogP contribution in [0, 0.1) is 17.0 Å². The van der Waals surface area contributed by atoms with Gasteiger partial charge in [0.1, 0.15) is 18.1 Å². The van der Waals surface area contributed by atoms with E-state index in [1.165, 1.54) is 22.7 Å². The summed E-state index contributed by atoms with van der Waals surface area (Å²) < 4.78 is 17.9. The number of aromatic nitrogens is 4. The normalized spacial score (nSPS) is 10.7. The molecule has 0 bridgehead atoms. The average Bonchev–Trinajstić information content (AvgIpc) is 3.29. The lowest BCUT2D eigenvalue weighted by Crippen LogP contribution is -2.28. The zero-order valence-electron chi connectivity index (χ0n) is 19.2. The summed E-state index contributed by atoms with van der Waals surface area (Å²) in [7, 11) is 3.12. The van der Waals surface area contributed by atoms with E-state index >= 15 is 0 Å². The molecule has 12 nitrogen and oxygen atoms in total. The monoisotopic (exact) mass is 478 g/mol. The molecule has 0 aliphatic rings. The zero-order valence-corrected chi connectivity index (χ0v) is 19.2. The van der Waals surface area contributed by atoms with E-state index in [-0.39, 0.29) is 24.4 Å². The maximum atomic E-state index is 12.3. The maximum absolute atomic E-state index is 12.3. The topological polar surface area (TPSA) is 143 Å². The number of nitro benzene ring substituents is 1. The highest BCUT2D eigenvalue weighted by atomic mass is 16.6. The van der Waals surface area contributed by atoms with Gasteiger partial charge in [0.2, 0.25) is 5.88 Å². The second kappa shape index (κ2) is 10.0. The molecule has 12 heteroatoms. The van der Waals surface area contributed by atoms with Crippen LogP contribution in [0.5, 0.6) is 17.4 Å². The number of nitro groups is 1. The molecule has 1 amide bonds. The van der Waals surface area contributed by atoms with Crippen LogP contribution >= 0.6 is 0 Å². The lowest BCUT2D eigenvalue weighted by molar-refractivity contribution is -0.385. The van der Waals surface area contributed by atoms with Gasteiger partial charge in [-0.15, -0.1) is 15.3 Å². The predicted molar refractivity (Wildman–Crippen MR) is 125 cm³/mol. The number of carbonyl (C=O) groups excluding carboxylic acids is 1. The Morgan fingerprint density at radius 3 is 2.66 bits per heavy atom. The van der Waals surface area contributed by atoms with E-state index in [2.05, 4.69) is 20.6 Å². The van der Waals surface area contributed by atoms with Gasteiger partial charge in [-0.25, -0.2) is 0 Å². The second-order valence-corrected chi connectivity index (χ2v) is 7.39. The molecule has 1 N–H and O–H groups in total. The molecule has 35 heavy (non-hydrogen) atoms. The lowest BCUT2D eigenvalue weighted by Gasteiger charge is -2.10. The van der Waals surface area contributed by atoms with Gasteiger partial charge in [-0.1, -0.05) is 6.07 Å². The first-order valence-electron chi connectivity index (χ1n) is 10.5. The van der Waals surface area contributed by atoms with Crippen molar-refractivity contribution in [2.45, 2.75) is 6.92 Å². The van der Waals surface area contributed by atoms with Crippen molar-refractivity contribution in [3.05, 3.63) is 69.8 Å². The van der Waals surface area contributed by atoms with Crippen LogP contribution in [0.25, 0.3) is 17.0 Å². The number of hydrogen-bond acceptors (Lipinski definition) is 9. The van der Waals surface area contributed by atoms with Crippen molar-refractivity contribution in [3.8, 4) is 28.8 Å². The molecule has 0 radical (unpaired) electrons. The quantitative estimate of drug-likeness (QED) is 0.218. The number of methoxy groups -OCH3 is 2. The third-order valence-electron chi connectivity index (χ3n) is 5.19. The summed E-state index contributed by atoms with van der Waals surface area (Å²) in [6, 6.07) is 13.0. The average molecular weight is 478 g/mol. The Labute approximate surface area is 199 Å². The van der Waals surface area contributed by atoms with E-state index < -0.39 is 10.8 Å². The van der Waals surface area contributed by atoms with Crippen molar-refractivity contribution in [1.29, 1.82) is 0 Å². The van der Waals surface area contributed by atoms with Crippen LogP contribution in [0.4, 0.5) is 5.69 Å². The van der Waals surface area contributed by atoms with Crippen LogP contribution in [-0.2, 0) is 0 Å². The largest absolute Gasteiger partial charge is 0.497 e. The van der Waals surface area contributed by atoms with Crippen molar-refractivity contribution < 1.29 is 23.9 Å². The van der Waals surface area contributed by atoms with Crippen LogP contribution < -0.4 is 19.5 Å². The molecule has 4 rings (SSSR count). The second-order valence-electron chi connectivity index (χ2n) is 7.39. The third-order valence-corrected chi connectivity index (χ3v) is 5.19. The Morgan fingerprint density at radius 2 is 1.91 bits per heavy atom. The molecule has 0 saturated carbocycles. The fourth-order valence-corrected chi connectivity index (χ4v) is 3.38. The van der Waals surface area contributed by atoms with Gasteiger partial charge in [-0.2, -0.15) is 4.52 Å². The Hall–Kier alpha value is -4.74. The summed E-state index contributed by atoms with van der Waals surface area (Å²) >= 11 is 0. The van der Waals surface area contributed by atoms with Crippen molar-refractivity contribution in [2.24, 2.45) is 0 Å². The van der Waals surface area contributed by atoms with Crippen LogP contribution in [0.2, 0.25) is 0 Å². The van der Waals surface area contributed by atoms with E-state index in [0.717, 1.165) is 0 Å². The van der Waals surface area contributed by atoms with Crippen molar-refractivity contribution >= 4 is 17.2 Å². The minimum absolute atomic E-state index is 0.108. The molecule has 4 aromatic rings. The number of hydrogen-bond donors (Lipinski definition) is 1. The predicted octanol–water partition coefficient (Wildman–Crippen LogP) is 2.83. The van der Waals surface area contributed by atoms with E-state index in [0.29, 0.717) is 40.0 Å².